The third kappa shape index (κ3) is 3.79. The van der Waals surface area contributed by atoms with Gasteiger partial charge in [0.05, 0.1) is 5.69 Å². The molecule has 21 heavy (non-hydrogen) atoms. The average molecular weight is 282 g/mol. The molecule has 0 saturated carbocycles. The van der Waals surface area contributed by atoms with Crippen LogP contribution in [0.15, 0.2) is 42.7 Å². The van der Waals surface area contributed by atoms with E-state index in [0.29, 0.717) is 5.92 Å². The Morgan fingerprint density at radius 1 is 1.19 bits per heavy atom. The zero-order chi connectivity index (χ0) is 14.5. The summed E-state index contributed by atoms with van der Waals surface area (Å²) >= 11 is 0. The molecule has 3 rings (SSSR count). The number of aryl methyl sites for hydroxylation is 1. The summed E-state index contributed by atoms with van der Waals surface area (Å²) in [5.41, 5.74) is 2.37. The van der Waals surface area contributed by atoms with Gasteiger partial charge in [0.15, 0.2) is 0 Å². The van der Waals surface area contributed by atoms with Crippen molar-refractivity contribution in [3.05, 3.63) is 54.0 Å². The van der Waals surface area contributed by atoms with Crippen LogP contribution in [0.1, 0.15) is 17.7 Å². The van der Waals surface area contributed by atoms with Crippen LogP contribution in [0.4, 0.5) is 5.82 Å². The van der Waals surface area contributed by atoms with E-state index in [4.69, 9.17) is 0 Å². The van der Waals surface area contributed by atoms with Gasteiger partial charge >= 0.3 is 0 Å². The third-order valence-electron chi connectivity index (χ3n) is 4.06. The van der Waals surface area contributed by atoms with Gasteiger partial charge in [0.1, 0.15) is 5.82 Å². The van der Waals surface area contributed by atoms with Crippen molar-refractivity contribution in [1.82, 2.24) is 14.9 Å². The fourth-order valence-corrected chi connectivity index (χ4v) is 2.89. The Balaban J connectivity index is 1.48. The number of nitrogens with zero attached hydrogens (tertiary/aromatic N) is 3. The van der Waals surface area contributed by atoms with Crippen molar-refractivity contribution in [2.24, 2.45) is 5.92 Å². The molecule has 1 atom stereocenters. The van der Waals surface area contributed by atoms with Gasteiger partial charge < -0.3 is 5.32 Å². The molecular weight excluding hydrogens is 260 g/mol. The van der Waals surface area contributed by atoms with Crippen molar-refractivity contribution < 1.29 is 0 Å². The minimum absolute atomic E-state index is 0.690. The first-order valence-corrected chi connectivity index (χ1v) is 7.59. The van der Waals surface area contributed by atoms with Crippen molar-refractivity contribution in [3.63, 3.8) is 0 Å². The Morgan fingerprint density at radius 3 is 2.81 bits per heavy atom. The number of rotatable bonds is 5. The lowest BCUT2D eigenvalue weighted by Crippen LogP contribution is -2.23. The molecule has 1 fully saturated rings. The van der Waals surface area contributed by atoms with E-state index in [9.17, 15) is 0 Å². The first-order chi connectivity index (χ1) is 10.3. The van der Waals surface area contributed by atoms with E-state index in [1.165, 1.54) is 18.5 Å². The monoisotopic (exact) mass is 282 g/mol. The second kappa shape index (κ2) is 6.68. The van der Waals surface area contributed by atoms with E-state index in [0.717, 1.165) is 31.1 Å². The molecule has 1 N–H and O–H groups in total. The van der Waals surface area contributed by atoms with E-state index in [2.05, 4.69) is 50.5 Å². The smallest absolute Gasteiger partial charge is 0.147 e. The number of hydrogen-bond donors (Lipinski definition) is 1. The molecule has 1 unspecified atom stereocenters. The van der Waals surface area contributed by atoms with Crippen LogP contribution in [0.5, 0.6) is 0 Å². The Labute approximate surface area is 126 Å². The fraction of sp³-hybridized carbons (Fsp3) is 0.412. The first-order valence-electron chi connectivity index (χ1n) is 7.59. The van der Waals surface area contributed by atoms with Gasteiger partial charge in [-0.2, -0.15) is 0 Å². The number of anilines is 1. The van der Waals surface area contributed by atoms with Crippen LogP contribution in [-0.4, -0.2) is 34.5 Å². The van der Waals surface area contributed by atoms with Crippen LogP contribution in [0.3, 0.4) is 0 Å². The fourth-order valence-electron chi connectivity index (χ4n) is 2.89. The van der Waals surface area contributed by atoms with Crippen molar-refractivity contribution in [3.8, 4) is 0 Å². The quantitative estimate of drug-likeness (QED) is 0.915. The molecular formula is C17H22N4. The molecule has 110 valence electrons. The molecule has 0 radical (unpaired) electrons. The predicted molar refractivity (Wildman–Crippen MR) is 85.1 cm³/mol. The summed E-state index contributed by atoms with van der Waals surface area (Å²) in [6, 6.07) is 10.7. The topological polar surface area (TPSA) is 41.1 Å². The lowest BCUT2D eigenvalue weighted by molar-refractivity contribution is 0.319. The second-order valence-corrected chi connectivity index (χ2v) is 5.75. The Hall–Kier alpha value is -1.94. The molecule has 0 aliphatic carbocycles. The molecule has 2 aromatic rings. The third-order valence-corrected chi connectivity index (χ3v) is 4.06. The molecule has 0 amide bonds. The van der Waals surface area contributed by atoms with Crippen LogP contribution in [0.2, 0.25) is 0 Å². The largest absolute Gasteiger partial charge is 0.368 e. The minimum Gasteiger partial charge on any atom is -0.368 e. The molecule has 1 saturated heterocycles. The van der Waals surface area contributed by atoms with E-state index in [1.54, 1.807) is 12.4 Å². The zero-order valence-corrected chi connectivity index (χ0v) is 12.5. The molecule has 1 aliphatic rings. The number of aromatic nitrogens is 2. The average Bonchev–Trinajstić information content (AvgIpc) is 2.95. The van der Waals surface area contributed by atoms with Crippen LogP contribution < -0.4 is 5.32 Å². The lowest BCUT2D eigenvalue weighted by Gasteiger charge is -2.16. The first kappa shape index (κ1) is 14.0. The maximum atomic E-state index is 4.34. The normalized spacial score (nSPS) is 18.8. The van der Waals surface area contributed by atoms with E-state index in [1.807, 2.05) is 6.92 Å². The van der Waals surface area contributed by atoms with Gasteiger partial charge in [-0.3, -0.25) is 9.88 Å². The zero-order valence-electron chi connectivity index (χ0n) is 12.5. The van der Waals surface area contributed by atoms with Crippen LogP contribution in [0, 0.1) is 12.8 Å². The van der Waals surface area contributed by atoms with E-state index < -0.39 is 0 Å². The number of benzene rings is 1. The van der Waals surface area contributed by atoms with Gasteiger partial charge in [0, 0.05) is 32.0 Å². The Bertz CT molecular complexity index is 570. The number of likely N-dealkylation sites (tertiary alicyclic amines) is 1. The van der Waals surface area contributed by atoms with E-state index in [-0.39, 0.29) is 0 Å². The lowest BCUT2D eigenvalue weighted by atomic mass is 10.1. The minimum atomic E-state index is 0.690. The van der Waals surface area contributed by atoms with Crippen molar-refractivity contribution >= 4 is 5.82 Å². The maximum absolute atomic E-state index is 4.34. The van der Waals surface area contributed by atoms with Gasteiger partial charge in [-0.1, -0.05) is 30.3 Å². The van der Waals surface area contributed by atoms with Crippen LogP contribution >= 0.6 is 0 Å². The standard InChI is InChI=1S/C17H22N4/c1-14-17(19-9-8-18-14)20-11-16-7-10-21(13-16)12-15-5-3-2-4-6-15/h2-6,8-9,16H,7,10-13H2,1H3,(H,19,20). The summed E-state index contributed by atoms with van der Waals surface area (Å²) < 4.78 is 0. The van der Waals surface area contributed by atoms with Crippen molar-refractivity contribution in [2.75, 3.05) is 25.0 Å². The van der Waals surface area contributed by atoms with Gasteiger partial charge in [0.25, 0.3) is 0 Å². The molecule has 1 aromatic carbocycles. The highest BCUT2D eigenvalue weighted by Crippen LogP contribution is 2.19. The summed E-state index contributed by atoms with van der Waals surface area (Å²) in [5.74, 6) is 1.61. The highest BCUT2D eigenvalue weighted by Gasteiger charge is 2.22. The van der Waals surface area contributed by atoms with E-state index >= 15 is 0 Å². The highest BCUT2D eigenvalue weighted by atomic mass is 15.2. The summed E-state index contributed by atoms with van der Waals surface area (Å²) in [6.07, 6.45) is 4.72. The summed E-state index contributed by atoms with van der Waals surface area (Å²) in [5, 5.41) is 3.44. The van der Waals surface area contributed by atoms with Crippen molar-refractivity contribution in [2.45, 2.75) is 19.9 Å². The molecule has 0 bridgehead atoms. The van der Waals surface area contributed by atoms with Crippen LogP contribution in [0.25, 0.3) is 0 Å². The molecule has 4 heteroatoms. The number of nitrogens with one attached hydrogen (secondary N) is 1. The summed E-state index contributed by atoms with van der Waals surface area (Å²) in [4.78, 5) is 11.1. The summed E-state index contributed by atoms with van der Waals surface area (Å²) in [7, 11) is 0. The Kier molecular flexibility index (Phi) is 4.46. The molecule has 1 aromatic heterocycles. The molecule has 4 nitrogen and oxygen atoms in total. The van der Waals surface area contributed by atoms with Gasteiger partial charge in [-0.15, -0.1) is 0 Å². The SMILES string of the molecule is Cc1nccnc1NCC1CCN(Cc2ccccc2)C1. The molecule has 1 aliphatic heterocycles. The summed E-state index contributed by atoms with van der Waals surface area (Å²) in [6.45, 7) is 6.36. The number of hydrogen-bond acceptors (Lipinski definition) is 4. The van der Waals surface area contributed by atoms with Crippen molar-refractivity contribution in [1.29, 1.82) is 0 Å². The van der Waals surface area contributed by atoms with Gasteiger partial charge in [-0.25, -0.2) is 4.98 Å². The van der Waals surface area contributed by atoms with Gasteiger partial charge in [0.2, 0.25) is 0 Å². The molecule has 0 spiro atoms. The molecule has 2 heterocycles. The van der Waals surface area contributed by atoms with Crippen LogP contribution in [-0.2, 0) is 6.54 Å². The highest BCUT2D eigenvalue weighted by molar-refractivity contribution is 5.38. The second-order valence-electron chi connectivity index (χ2n) is 5.75. The Morgan fingerprint density at radius 2 is 2.00 bits per heavy atom. The van der Waals surface area contributed by atoms with Gasteiger partial charge in [-0.05, 0) is 31.4 Å². The maximum Gasteiger partial charge on any atom is 0.147 e. The predicted octanol–water partition coefficient (Wildman–Crippen LogP) is 2.72.